The molecule has 0 saturated heterocycles. The van der Waals surface area contributed by atoms with Crippen molar-refractivity contribution in [1.29, 1.82) is 0 Å². The predicted molar refractivity (Wildman–Crippen MR) is 70.0 cm³/mol. The lowest BCUT2D eigenvalue weighted by Crippen LogP contribution is -2.00. The van der Waals surface area contributed by atoms with Crippen LogP contribution < -0.4 is 9.47 Å². The van der Waals surface area contributed by atoms with Crippen LogP contribution in [0.3, 0.4) is 0 Å². The standard InChI is InChI=1S/C15H16O3/c1-17-13-8-12(9-14(10-13)18-2)15(16)11-6-4-3-5-7-11/h3-10,15-16H,1-2H3/t15-/m0/s1. The molecule has 0 spiro atoms. The van der Waals surface area contributed by atoms with E-state index in [1.807, 2.05) is 30.3 Å². The Morgan fingerprint density at radius 1 is 0.833 bits per heavy atom. The highest BCUT2D eigenvalue weighted by Crippen LogP contribution is 2.29. The molecule has 1 atom stereocenters. The van der Waals surface area contributed by atoms with E-state index < -0.39 is 6.10 Å². The van der Waals surface area contributed by atoms with Gasteiger partial charge in [-0.2, -0.15) is 0 Å². The Labute approximate surface area is 107 Å². The van der Waals surface area contributed by atoms with Crippen molar-refractivity contribution in [3.63, 3.8) is 0 Å². The molecule has 1 N–H and O–H groups in total. The molecule has 0 radical (unpaired) electrons. The maximum absolute atomic E-state index is 10.3. The topological polar surface area (TPSA) is 38.7 Å². The summed E-state index contributed by atoms with van der Waals surface area (Å²) < 4.78 is 10.4. The average Bonchev–Trinajstić information content (AvgIpc) is 2.46. The van der Waals surface area contributed by atoms with Crippen LogP contribution in [0.5, 0.6) is 11.5 Å². The highest BCUT2D eigenvalue weighted by Gasteiger charge is 2.12. The second-order valence-electron chi connectivity index (χ2n) is 3.96. The molecule has 2 aromatic carbocycles. The van der Waals surface area contributed by atoms with E-state index in [0.717, 1.165) is 11.1 Å². The van der Waals surface area contributed by atoms with Crippen molar-refractivity contribution in [1.82, 2.24) is 0 Å². The molecule has 3 nitrogen and oxygen atoms in total. The Morgan fingerprint density at radius 3 is 1.89 bits per heavy atom. The van der Waals surface area contributed by atoms with Crippen molar-refractivity contribution in [2.24, 2.45) is 0 Å². The summed E-state index contributed by atoms with van der Waals surface area (Å²) in [6.07, 6.45) is -0.685. The Hall–Kier alpha value is -2.00. The molecular formula is C15H16O3. The van der Waals surface area contributed by atoms with Gasteiger partial charge in [-0.15, -0.1) is 0 Å². The second-order valence-corrected chi connectivity index (χ2v) is 3.96. The van der Waals surface area contributed by atoms with Gasteiger partial charge in [-0.25, -0.2) is 0 Å². The Kier molecular flexibility index (Phi) is 3.85. The van der Waals surface area contributed by atoms with Crippen LogP contribution in [0.2, 0.25) is 0 Å². The van der Waals surface area contributed by atoms with Crippen molar-refractivity contribution in [3.8, 4) is 11.5 Å². The third-order valence-electron chi connectivity index (χ3n) is 2.80. The highest BCUT2D eigenvalue weighted by atomic mass is 16.5. The van der Waals surface area contributed by atoms with Crippen LogP contribution in [-0.2, 0) is 0 Å². The van der Waals surface area contributed by atoms with Gasteiger partial charge in [0.25, 0.3) is 0 Å². The van der Waals surface area contributed by atoms with Crippen molar-refractivity contribution in [2.75, 3.05) is 14.2 Å². The van der Waals surface area contributed by atoms with Crippen molar-refractivity contribution < 1.29 is 14.6 Å². The molecule has 0 bridgehead atoms. The number of ether oxygens (including phenoxy) is 2. The van der Waals surface area contributed by atoms with Crippen LogP contribution in [0.25, 0.3) is 0 Å². The summed E-state index contributed by atoms with van der Waals surface area (Å²) >= 11 is 0. The van der Waals surface area contributed by atoms with Gasteiger partial charge in [0.2, 0.25) is 0 Å². The average molecular weight is 244 g/mol. The molecule has 0 aliphatic carbocycles. The zero-order chi connectivity index (χ0) is 13.0. The Bertz CT molecular complexity index is 486. The quantitative estimate of drug-likeness (QED) is 0.898. The van der Waals surface area contributed by atoms with Gasteiger partial charge in [0.1, 0.15) is 17.6 Å². The highest BCUT2D eigenvalue weighted by molar-refractivity contribution is 5.42. The summed E-state index contributed by atoms with van der Waals surface area (Å²) in [5.74, 6) is 1.33. The first-order valence-corrected chi connectivity index (χ1v) is 5.70. The van der Waals surface area contributed by atoms with Gasteiger partial charge in [0.05, 0.1) is 14.2 Å². The minimum absolute atomic E-state index is 0.666. The van der Waals surface area contributed by atoms with E-state index in [1.165, 1.54) is 0 Å². The molecule has 0 aromatic heterocycles. The fourth-order valence-corrected chi connectivity index (χ4v) is 1.82. The summed E-state index contributed by atoms with van der Waals surface area (Å²) in [4.78, 5) is 0. The molecule has 0 aliphatic heterocycles. The number of hydrogen-bond acceptors (Lipinski definition) is 3. The largest absolute Gasteiger partial charge is 0.497 e. The molecule has 0 saturated carbocycles. The van der Waals surface area contributed by atoms with E-state index >= 15 is 0 Å². The van der Waals surface area contributed by atoms with E-state index in [0.29, 0.717) is 11.5 Å². The number of hydrogen-bond donors (Lipinski definition) is 1. The van der Waals surface area contributed by atoms with Crippen LogP contribution in [0, 0.1) is 0 Å². The molecular weight excluding hydrogens is 228 g/mol. The molecule has 94 valence electrons. The number of rotatable bonds is 4. The summed E-state index contributed by atoms with van der Waals surface area (Å²) in [6.45, 7) is 0. The number of aliphatic hydroxyl groups is 1. The van der Waals surface area contributed by atoms with Gasteiger partial charge < -0.3 is 14.6 Å². The predicted octanol–water partition coefficient (Wildman–Crippen LogP) is 2.79. The fraction of sp³-hybridized carbons (Fsp3) is 0.200. The van der Waals surface area contributed by atoms with Crippen LogP contribution in [0.1, 0.15) is 17.2 Å². The third-order valence-corrected chi connectivity index (χ3v) is 2.80. The third kappa shape index (κ3) is 2.63. The molecule has 2 rings (SSSR count). The first-order chi connectivity index (χ1) is 8.74. The van der Waals surface area contributed by atoms with Crippen molar-refractivity contribution >= 4 is 0 Å². The van der Waals surface area contributed by atoms with E-state index in [-0.39, 0.29) is 0 Å². The summed E-state index contributed by atoms with van der Waals surface area (Å²) in [5, 5.41) is 10.3. The van der Waals surface area contributed by atoms with Gasteiger partial charge in [-0.3, -0.25) is 0 Å². The molecule has 18 heavy (non-hydrogen) atoms. The molecule has 3 heteroatoms. The number of methoxy groups -OCH3 is 2. The van der Waals surface area contributed by atoms with Gasteiger partial charge >= 0.3 is 0 Å². The SMILES string of the molecule is COc1cc(OC)cc([C@@H](O)c2ccccc2)c1. The first kappa shape index (κ1) is 12.5. The van der Waals surface area contributed by atoms with Gasteiger partial charge in [-0.1, -0.05) is 30.3 Å². The summed E-state index contributed by atoms with van der Waals surface area (Å²) in [6, 6.07) is 14.9. The zero-order valence-electron chi connectivity index (χ0n) is 10.5. The maximum Gasteiger partial charge on any atom is 0.122 e. The second kappa shape index (κ2) is 5.56. The van der Waals surface area contributed by atoms with Crippen molar-refractivity contribution in [2.45, 2.75) is 6.10 Å². The molecule has 0 unspecified atom stereocenters. The van der Waals surface area contributed by atoms with Crippen LogP contribution in [0.15, 0.2) is 48.5 Å². The van der Waals surface area contributed by atoms with E-state index in [9.17, 15) is 5.11 Å². The van der Waals surface area contributed by atoms with E-state index in [2.05, 4.69) is 0 Å². The van der Waals surface area contributed by atoms with Crippen LogP contribution in [-0.4, -0.2) is 19.3 Å². The lowest BCUT2D eigenvalue weighted by molar-refractivity contribution is 0.219. The minimum atomic E-state index is -0.685. The minimum Gasteiger partial charge on any atom is -0.497 e. The van der Waals surface area contributed by atoms with Gasteiger partial charge in [0.15, 0.2) is 0 Å². The maximum atomic E-state index is 10.3. The number of aliphatic hydroxyl groups excluding tert-OH is 1. The van der Waals surface area contributed by atoms with E-state index in [4.69, 9.17) is 9.47 Å². The summed E-state index contributed by atoms with van der Waals surface area (Å²) in [5.41, 5.74) is 1.59. The van der Waals surface area contributed by atoms with Gasteiger partial charge in [-0.05, 0) is 23.3 Å². The number of benzene rings is 2. The molecule has 2 aromatic rings. The normalized spacial score (nSPS) is 11.9. The fourth-order valence-electron chi connectivity index (χ4n) is 1.82. The molecule has 0 heterocycles. The lowest BCUT2D eigenvalue weighted by atomic mass is 10.0. The summed E-state index contributed by atoms with van der Waals surface area (Å²) in [7, 11) is 3.18. The Balaban J connectivity index is 2.38. The van der Waals surface area contributed by atoms with Crippen LogP contribution in [0.4, 0.5) is 0 Å². The zero-order valence-corrected chi connectivity index (χ0v) is 10.5. The van der Waals surface area contributed by atoms with Crippen molar-refractivity contribution in [3.05, 3.63) is 59.7 Å². The van der Waals surface area contributed by atoms with Crippen LogP contribution >= 0.6 is 0 Å². The molecule has 0 aliphatic rings. The van der Waals surface area contributed by atoms with Gasteiger partial charge in [0, 0.05) is 6.07 Å². The first-order valence-electron chi connectivity index (χ1n) is 5.70. The monoisotopic (exact) mass is 244 g/mol. The Morgan fingerprint density at radius 2 is 1.39 bits per heavy atom. The van der Waals surface area contributed by atoms with E-state index in [1.54, 1.807) is 32.4 Å². The molecule has 0 amide bonds. The lowest BCUT2D eigenvalue weighted by Gasteiger charge is -2.14. The smallest absolute Gasteiger partial charge is 0.122 e. The molecule has 0 fully saturated rings.